The molecule has 0 spiro atoms. The minimum Gasteiger partial charge on any atom is -0.465 e. The number of aromatic nitrogens is 2. The number of rotatable bonds is 2. The van der Waals surface area contributed by atoms with Crippen LogP contribution in [0.2, 0.25) is 0 Å². The Morgan fingerprint density at radius 2 is 2.25 bits per heavy atom. The zero-order valence-electron chi connectivity index (χ0n) is 6.87. The third kappa shape index (κ3) is 1.13. The van der Waals surface area contributed by atoms with E-state index in [1.807, 2.05) is 31.2 Å². The van der Waals surface area contributed by atoms with Gasteiger partial charge in [-0.3, -0.25) is 0 Å². The molecule has 3 nitrogen and oxygen atoms in total. The predicted molar refractivity (Wildman–Crippen MR) is 47.3 cm³/mol. The van der Waals surface area contributed by atoms with Crippen LogP contribution >= 0.6 is 0 Å². The number of fused-ring (bicyclic) bond motifs is 1. The highest BCUT2D eigenvalue weighted by molar-refractivity contribution is 5.75. The van der Waals surface area contributed by atoms with Gasteiger partial charge in [0.1, 0.15) is 0 Å². The lowest BCUT2D eigenvalue weighted by atomic mass is 10.3. The number of ether oxygens (including phenoxy) is 1. The second-order valence-corrected chi connectivity index (χ2v) is 2.49. The fourth-order valence-electron chi connectivity index (χ4n) is 1.13. The molecule has 0 amide bonds. The van der Waals surface area contributed by atoms with Gasteiger partial charge >= 0.3 is 0 Å². The Morgan fingerprint density at radius 3 is 3.00 bits per heavy atom. The number of nitrogens with zero attached hydrogens (tertiary/aromatic N) is 1. The zero-order valence-corrected chi connectivity index (χ0v) is 6.87. The fraction of sp³-hybridized carbons (Fsp3) is 0.222. The molecule has 0 unspecified atom stereocenters. The lowest BCUT2D eigenvalue weighted by Gasteiger charge is -1.93. The van der Waals surface area contributed by atoms with Crippen LogP contribution < -0.4 is 4.74 Å². The van der Waals surface area contributed by atoms with Crippen LogP contribution in [-0.2, 0) is 0 Å². The third-order valence-electron chi connectivity index (χ3n) is 1.65. The summed E-state index contributed by atoms with van der Waals surface area (Å²) >= 11 is 0. The van der Waals surface area contributed by atoms with E-state index in [1.165, 1.54) is 0 Å². The summed E-state index contributed by atoms with van der Waals surface area (Å²) in [6.45, 7) is 2.58. The highest BCUT2D eigenvalue weighted by atomic mass is 16.5. The van der Waals surface area contributed by atoms with Gasteiger partial charge in [0, 0.05) is 0 Å². The summed E-state index contributed by atoms with van der Waals surface area (Å²) in [4.78, 5) is 7.29. The molecule has 0 radical (unpaired) electrons. The maximum Gasteiger partial charge on any atom is 0.294 e. The number of H-pyrrole nitrogens is 1. The molecule has 2 aromatic rings. The van der Waals surface area contributed by atoms with E-state index < -0.39 is 0 Å². The molecule has 0 bridgehead atoms. The molecule has 0 aliphatic carbocycles. The minimum absolute atomic E-state index is 0.596. The SMILES string of the molecule is CCOc1nc2ccccc2[nH]1. The van der Waals surface area contributed by atoms with Gasteiger partial charge in [0.15, 0.2) is 0 Å². The number of benzene rings is 1. The standard InChI is InChI=1S/C9H10N2O/c1-2-12-9-10-7-5-3-4-6-8(7)11-9/h3-6H,2H2,1H3,(H,10,11). The highest BCUT2D eigenvalue weighted by Gasteiger charge is 1.99. The second-order valence-electron chi connectivity index (χ2n) is 2.49. The van der Waals surface area contributed by atoms with Gasteiger partial charge in [0.2, 0.25) is 0 Å². The molecule has 3 heteroatoms. The average Bonchev–Trinajstić information content (AvgIpc) is 2.47. The molecule has 1 heterocycles. The summed E-state index contributed by atoms with van der Waals surface area (Å²) in [7, 11) is 0. The normalized spacial score (nSPS) is 10.4. The van der Waals surface area contributed by atoms with Gasteiger partial charge in [-0.1, -0.05) is 12.1 Å². The van der Waals surface area contributed by atoms with Crippen LogP contribution in [0.25, 0.3) is 11.0 Å². The zero-order chi connectivity index (χ0) is 8.39. The Labute approximate surface area is 70.4 Å². The largest absolute Gasteiger partial charge is 0.465 e. The molecular formula is C9H10N2O. The first kappa shape index (κ1) is 7.16. The van der Waals surface area contributed by atoms with Crippen molar-refractivity contribution in [3.8, 4) is 6.01 Å². The van der Waals surface area contributed by atoms with Crippen LogP contribution in [0, 0.1) is 0 Å². The van der Waals surface area contributed by atoms with Crippen molar-refractivity contribution in [2.75, 3.05) is 6.61 Å². The average molecular weight is 162 g/mol. The summed E-state index contributed by atoms with van der Waals surface area (Å²) in [6.07, 6.45) is 0. The Morgan fingerprint density at radius 1 is 1.42 bits per heavy atom. The van der Waals surface area contributed by atoms with Crippen molar-refractivity contribution in [1.29, 1.82) is 0 Å². The molecule has 12 heavy (non-hydrogen) atoms. The van der Waals surface area contributed by atoms with Gasteiger partial charge < -0.3 is 9.72 Å². The number of para-hydroxylation sites is 2. The topological polar surface area (TPSA) is 37.9 Å². The summed E-state index contributed by atoms with van der Waals surface area (Å²) in [5.74, 6) is 0. The lowest BCUT2D eigenvalue weighted by molar-refractivity contribution is 0.317. The van der Waals surface area contributed by atoms with E-state index in [-0.39, 0.29) is 0 Å². The summed E-state index contributed by atoms with van der Waals surface area (Å²) in [6, 6.07) is 8.45. The fourth-order valence-corrected chi connectivity index (χ4v) is 1.13. The number of nitrogens with one attached hydrogen (secondary N) is 1. The minimum atomic E-state index is 0.596. The predicted octanol–water partition coefficient (Wildman–Crippen LogP) is 1.96. The van der Waals surface area contributed by atoms with Crippen LogP contribution in [-0.4, -0.2) is 16.6 Å². The molecule has 62 valence electrons. The van der Waals surface area contributed by atoms with Crippen LogP contribution in [0.1, 0.15) is 6.92 Å². The molecule has 0 saturated carbocycles. The quantitative estimate of drug-likeness (QED) is 0.733. The first-order valence-corrected chi connectivity index (χ1v) is 3.97. The van der Waals surface area contributed by atoms with Crippen LogP contribution in [0.3, 0.4) is 0 Å². The van der Waals surface area contributed by atoms with Crippen molar-refractivity contribution in [1.82, 2.24) is 9.97 Å². The maximum absolute atomic E-state index is 5.22. The Hall–Kier alpha value is -1.51. The van der Waals surface area contributed by atoms with Gasteiger partial charge in [0.25, 0.3) is 6.01 Å². The van der Waals surface area contributed by atoms with Crippen molar-refractivity contribution in [3.05, 3.63) is 24.3 Å². The first-order chi connectivity index (χ1) is 5.90. The number of hydrogen-bond acceptors (Lipinski definition) is 2. The molecule has 1 aromatic heterocycles. The second kappa shape index (κ2) is 2.85. The number of hydrogen-bond donors (Lipinski definition) is 1. The van der Waals surface area contributed by atoms with E-state index in [4.69, 9.17) is 4.74 Å². The van der Waals surface area contributed by atoms with Crippen molar-refractivity contribution < 1.29 is 4.74 Å². The van der Waals surface area contributed by atoms with Crippen molar-refractivity contribution in [2.24, 2.45) is 0 Å². The van der Waals surface area contributed by atoms with E-state index in [1.54, 1.807) is 0 Å². The molecule has 1 N–H and O–H groups in total. The van der Waals surface area contributed by atoms with Crippen LogP contribution in [0.4, 0.5) is 0 Å². The first-order valence-electron chi connectivity index (χ1n) is 3.97. The molecular weight excluding hydrogens is 152 g/mol. The van der Waals surface area contributed by atoms with E-state index in [0.717, 1.165) is 11.0 Å². The van der Waals surface area contributed by atoms with Gasteiger partial charge in [-0.25, -0.2) is 0 Å². The molecule has 0 fully saturated rings. The van der Waals surface area contributed by atoms with Gasteiger partial charge in [-0.05, 0) is 19.1 Å². The Bertz CT molecular complexity index is 348. The maximum atomic E-state index is 5.22. The third-order valence-corrected chi connectivity index (χ3v) is 1.65. The van der Waals surface area contributed by atoms with Gasteiger partial charge in [-0.2, -0.15) is 4.98 Å². The van der Waals surface area contributed by atoms with Crippen LogP contribution in [0.5, 0.6) is 6.01 Å². The lowest BCUT2D eigenvalue weighted by Crippen LogP contribution is -1.92. The van der Waals surface area contributed by atoms with Crippen molar-refractivity contribution in [3.63, 3.8) is 0 Å². The highest BCUT2D eigenvalue weighted by Crippen LogP contribution is 2.14. The number of imidazole rings is 1. The van der Waals surface area contributed by atoms with E-state index in [0.29, 0.717) is 12.6 Å². The molecule has 2 rings (SSSR count). The molecule has 0 atom stereocenters. The van der Waals surface area contributed by atoms with Gasteiger partial charge in [0.05, 0.1) is 17.6 Å². The summed E-state index contributed by atoms with van der Waals surface area (Å²) in [5.41, 5.74) is 1.96. The van der Waals surface area contributed by atoms with E-state index in [9.17, 15) is 0 Å². The molecule has 0 saturated heterocycles. The monoisotopic (exact) mass is 162 g/mol. The van der Waals surface area contributed by atoms with E-state index >= 15 is 0 Å². The molecule has 0 aliphatic heterocycles. The molecule has 1 aromatic carbocycles. The Kier molecular flexibility index (Phi) is 1.70. The summed E-state index contributed by atoms with van der Waals surface area (Å²) < 4.78 is 5.22. The van der Waals surface area contributed by atoms with E-state index in [2.05, 4.69) is 9.97 Å². The number of aromatic amines is 1. The van der Waals surface area contributed by atoms with Crippen molar-refractivity contribution >= 4 is 11.0 Å². The summed E-state index contributed by atoms with van der Waals surface area (Å²) in [5, 5.41) is 0. The molecule has 0 aliphatic rings. The van der Waals surface area contributed by atoms with Crippen molar-refractivity contribution in [2.45, 2.75) is 6.92 Å². The van der Waals surface area contributed by atoms with Gasteiger partial charge in [-0.15, -0.1) is 0 Å². The van der Waals surface area contributed by atoms with Crippen LogP contribution in [0.15, 0.2) is 24.3 Å². The smallest absolute Gasteiger partial charge is 0.294 e. The Balaban J connectivity index is 2.47.